The lowest BCUT2D eigenvalue weighted by Crippen LogP contribution is -2.25. The molecule has 0 aliphatic carbocycles. The molecule has 0 atom stereocenters. The Kier molecular flexibility index (Phi) is 7.32. The van der Waals surface area contributed by atoms with Crippen LogP contribution in [0.25, 0.3) is 10.9 Å². The van der Waals surface area contributed by atoms with Gasteiger partial charge in [-0.05, 0) is 61.9 Å². The molecule has 3 aromatic rings. The first-order valence-electron chi connectivity index (χ1n) is 10.2. The third-order valence-corrected chi connectivity index (χ3v) is 5.89. The number of hydrogen-bond acceptors (Lipinski definition) is 1. The molecule has 0 bridgehead atoms. The van der Waals surface area contributed by atoms with E-state index in [1.165, 1.54) is 32.1 Å². The van der Waals surface area contributed by atoms with Crippen LogP contribution in [0.5, 0.6) is 0 Å². The number of carbonyl (C=O) groups excluding carboxylic acids is 1. The van der Waals surface area contributed by atoms with Crippen LogP contribution in [0, 0.1) is 6.92 Å². The van der Waals surface area contributed by atoms with E-state index in [9.17, 15) is 4.79 Å². The molecule has 0 fully saturated rings. The molecular formula is C24H29BrN2O. The van der Waals surface area contributed by atoms with Gasteiger partial charge in [0.15, 0.2) is 0 Å². The lowest BCUT2D eigenvalue weighted by atomic mass is 10.1. The Labute approximate surface area is 176 Å². The van der Waals surface area contributed by atoms with E-state index in [0.717, 1.165) is 32.2 Å². The summed E-state index contributed by atoms with van der Waals surface area (Å²) in [6.45, 7) is 5.85. The van der Waals surface area contributed by atoms with Crippen LogP contribution in [-0.4, -0.2) is 17.0 Å². The topological polar surface area (TPSA) is 34.0 Å². The highest BCUT2D eigenvalue weighted by Crippen LogP contribution is 2.24. The van der Waals surface area contributed by atoms with Gasteiger partial charge in [-0.3, -0.25) is 4.79 Å². The fraction of sp³-hybridized carbons (Fsp3) is 0.375. The number of carbonyl (C=O) groups is 1. The smallest absolute Gasteiger partial charge is 0.219 e. The Balaban J connectivity index is 1.70. The second kappa shape index (κ2) is 9.92. The van der Waals surface area contributed by atoms with Crippen molar-refractivity contribution in [3.05, 3.63) is 69.8 Å². The molecule has 0 unspecified atom stereocenters. The number of aromatic nitrogens is 1. The molecule has 0 spiro atoms. The van der Waals surface area contributed by atoms with Crippen LogP contribution in [0.15, 0.2) is 53.1 Å². The van der Waals surface area contributed by atoms with Crippen LogP contribution in [0.4, 0.5) is 0 Å². The quantitative estimate of drug-likeness (QED) is 0.447. The summed E-state index contributed by atoms with van der Waals surface area (Å²) in [5, 5.41) is 4.35. The highest BCUT2D eigenvalue weighted by molar-refractivity contribution is 9.10. The summed E-state index contributed by atoms with van der Waals surface area (Å²) in [6, 6.07) is 15.1. The minimum atomic E-state index is 0.149. The Bertz CT molecular complexity index is 945. The molecule has 3 nitrogen and oxygen atoms in total. The SMILES string of the molecule is CCCC(=O)NCCc1cn(CCCc2ccccc2Br)c2ccc(C)cc12. The van der Waals surface area contributed by atoms with E-state index >= 15 is 0 Å². The van der Waals surface area contributed by atoms with Crippen LogP contribution < -0.4 is 5.32 Å². The first-order valence-corrected chi connectivity index (χ1v) is 11.0. The van der Waals surface area contributed by atoms with Crippen molar-refractivity contribution >= 4 is 32.7 Å². The second-order valence-electron chi connectivity index (χ2n) is 7.41. The van der Waals surface area contributed by atoms with Crippen LogP contribution >= 0.6 is 15.9 Å². The van der Waals surface area contributed by atoms with Gasteiger partial charge in [-0.15, -0.1) is 0 Å². The number of hydrogen-bond donors (Lipinski definition) is 1. The molecule has 2 aromatic carbocycles. The van der Waals surface area contributed by atoms with Gasteiger partial charge in [0.05, 0.1) is 0 Å². The molecular weight excluding hydrogens is 412 g/mol. The number of nitrogens with zero attached hydrogens (tertiary/aromatic N) is 1. The predicted octanol–water partition coefficient (Wildman–Crippen LogP) is 5.80. The van der Waals surface area contributed by atoms with Gasteiger partial charge in [0, 0.05) is 41.1 Å². The number of fused-ring (bicyclic) bond motifs is 1. The van der Waals surface area contributed by atoms with Gasteiger partial charge in [-0.25, -0.2) is 0 Å². The zero-order valence-corrected chi connectivity index (χ0v) is 18.4. The Morgan fingerprint density at radius 3 is 2.71 bits per heavy atom. The molecule has 3 rings (SSSR count). The summed E-state index contributed by atoms with van der Waals surface area (Å²) < 4.78 is 3.56. The van der Waals surface area contributed by atoms with Gasteiger partial charge in [0.2, 0.25) is 5.91 Å². The number of nitrogens with one attached hydrogen (secondary N) is 1. The van der Waals surface area contributed by atoms with Gasteiger partial charge in [0.25, 0.3) is 0 Å². The second-order valence-corrected chi connectivity index (χ2v) is 8.27. The lowest BCUT2D eigenvalue weighted by Gasteiger charge is -2.07. The van der Waals surface area contributed by atoms with Crippen LogP contribution in [0.2, 0.25) is 0 Å². The van der Waals surface area contributed by atoms with Crippen molar-refractivity contribution in [2.75, 3.05) is 6.54 Å². The zero-order valence-electron chi connectivity index (χ0n) is 16.8. The van der Waals surface area contributed by atoms with Crippen molar-refractivity contribution in [1.29, 1.82) is 0 Å². The molecule has 1 N–H and O–H groups in total. The maximum absolute atomic E-state index is 11.7. The molecule has 0 saturated carbocycles. The van der Waals surface area contributed by atoms with Crippen molar-refractivity contribution < 1.29 is 4.79 Å². The summed E-state index contributed by atoms with van der Waals surface area (Å²) in [5.41, 5.74) is 5.23. The summed E-state index contributed by atoms with van der Waals surface area (Å²) in [4.78, 5) is 11.7. The van der Waals surface area contributed by atoms with E-state index < -0.39 is 0 Å². The standard InChI is InChI=1S/C24H29BrN2O/c1-3-7-24(28)26-14-13-20-17-27(23-12-11-18(2)16-21(20)23)15-6-9-19-8-4-5-10-22(19)25/h4-5,8,10-12,16-17H,3,6-7,9,13-15H2,1-2H3,(H,26,28). The number of benzene rings is 2. The number of amides is 1. The Morgan fingerprint density at radius 2 is 1.93 bits per heavy atom. The van der Waals surface area contributed by atoms with E-state index in [0.29, 0.717) is 13.0 Å². The first kappa shape index (κ1) is 20.7. The zero-order chi connectivity index (χ0) is 19.9. The first-order chi connectivity index (χ1) is 13.6. The van der Waals surface area contributed by atoms with E-state index in [1.54, 1.807) is 0 Å². The summed E-state index contributed by atoms with van der Waals surface area (Å²) in [6.07, 6.45) is 6.78. The minimum absolute atomic E-state index is 0.149. The van der Waals surface area contributed by atoms with Gasteiger partial charge in [-0.1, -0.05) is 52.7 Å². The van der Waals surface area contributed by atoms with E-state index in [-0.39, 0.29) is 5.91 Å². The Morgan fingerprint density at radius 1 is 1.11 bits per heavy atom. The fourth-order valence-electron chi connectivity index (χ4n) is 3.66. The number of halogens is 1. The number of rotatable bonds is 9. The van der Waals surface area contributed by atoms with E-state index in [1.807, 2.05) is 6.92 Å². The van der Waals surface area contributed by atoms with E-state index in [4.69, 9.17) is 0 Å². The molecule has 148 valence electrons. The van der Waals surface area contributed by atoms with Crippen LogP contribution in [0.3, 0.4) is 0 Å². The monoisotopic (exact) mass is 440 g/mol. The molecule has 0 aliphatic rings. The van der Waals surface area contributed by atoms with Crippen molar-refractivity contribution in [3.63, 3.8) is 0 Å². The predicted molar refractivity (Wildman–Crippen MR) is 121 cm³/mol. The molecule has 0 radical (unpaired) electrons. The average molecular weight is 441 g/mol. The average Bonchev–Trinajstić information content (AvgIpc) is 3.00. The van der Waals surface area contributed by atoms with Gasteiger partial charge in [-0.2, -0.15) is 0 Å². The third kappa shape index (κ3) is 5.26. The van der Waals surface area contributed by atoms with Crippen molar-refractivity contribution in [2.24, 2.45) is 0 Å². The normalized spacial score (nSPS) is 11.1. The van der Waals surface area contributed by atoms with Gasteiger partial charge >= 0.3 is 0 Å². The number of aryl methyl sites for hydroxylation is 3. The Hall–Kier alpha value is -2.07. The summed E-state index contributed by atoms with van der Waals surface area (Å²) >= 11 is 3.64. The molecule has 1 amide bonds. The van der Waals surface area contributed by atoms with Crippen molar-refractivity contribution in [2.45, 2.75) is 52.5 Å². The molecule has 1 aromatic heterocycles. The maximum atomic E-state index is 11.7. The molecule has 28 heavy (non-hydrogen) atoms. The largest absolute Gasteiger partial charge is 0.356 e. The van der Waals surface area contributed by atoms with Crippen molar-refractivity contribution in [3.8, 4) is 0 Å². The maximum Gasteiger partial charge on any atom is 0.219 e. The highest BCUT2D eigenvalue weighted by atomic mass is 79.9. The summed E-state index contributed by atoms with van der Waals surface area (Å²) in [7, 11) is 0. The lowest BCUT2D eigenvalue weighted by molar-refractivity contribution is -0.121. The van der Waals surface area contributed by atoms with Crippen LogP contribution in [-0.2, 0) is 24.2 Å². The molecule has 1 heterocycles. The van der Waals surface area contributed by atoms with Crippen LogP contribution in [0.1, 0.15) is 42.9 Å². The third-order valence-electron chi connectivity index (χ3n) is 5.12. The van der Waals surface area contributed by atoms with Gasteiger partial charge in [0.1, 0.15) is 0 Å². The van der Waals surface area contributed by atoms with Gasteiger partial charge < -0.3 is 9.88 Å². The van der Waals surface area contributed by atoms with E-state index in [2.05, 4.69) is 81.4 Å². The molecule has 0 saturated heterocycles. The highest BCUT2D eigenvalue weighted by Gasteiger charge is 2.10. The van der Waals surface area contributed by atoms with Crippen molar-refractivity contribution in [1.82, 2.24) is 9.88 Å². The molecule has 4 heteroatoms. The minimum Gasteiger partial charge on any atom is -0.356 e. The molecule has 0 aliphatic heterocycles. The summed E-state index contributed by atoms with van der Waals surface area (Å²) in [5.74, 6) is 0.149. The fourth-order valence-corrected chi connectivity index (χ4v) is 4.15.